The molecule has 162 valence electrons. The number of rotatable bonds is 6. The average molecular weight is 467 g/mol. The van der Waals surface area contributed by atoms with Crippen LogP contribution in [-0.2, 0) is 9.59 Å². The Bertz CT molecular complexity index is 1220. The third-order valence-corrected chi connectivity index (χ3v) is 5.56. The molecule has 3 aromatic rings. The zero-order chi connectivity index (χ0) is 22.8. The molecule has 2 amide bonds. The molecule has 0 aliphatic carbocycles. The number of hydrogen-bond donors (Lipinski definition) is 1. The van der Waals surface area contributed by atoms with Gasteiger partial charge in [-0.2, -0.15) is 0 Å². The number of nitrogens with zero attached hydrogens (tertiary/aromatic N) is 1. The van der Waals surface area contributed by atoms with E-state index in [0.717, 1.165) is 10.5 Å². The number of amides is 2. The van der Waals surface area contributed by atoms with Crippen LogP contribution in [0.5, 0.6) is 5.75 Å². The van der Waals surface area contributed by atoms with Gasteiger partial charge in [0.15, 0.2) is 0 Å². The minimum absolute atomic E-state index is 0.191. The molecule has 1 aliphatic heterocycles. The Hall–Kier alpha value is -3.28. The molecule has 0 saturated carbocycles. The van der Waals surface area contributed by atoms with Gasteiger partial charge in [0.05, 0.1) is 17.9 Å². The fourth-order valence-electron chi connectivity index (χ4n) is 3.52. The highest BCUT2D eigenvalue weighted by Crippen LogP contribution is 2.35. The molecular formula is C25H20Cl2N2O3. The van der Waals surface area contributed by atoms with Crippen LogP contribution in [-0.4, -0.2) is 18.4 Å². The third kappa shape index (κ3) is 4.22. The van der Waals surface area contributed by atoms with Gasteiger partial charge >= 0.3 is 0 Å². The molecule has 0 fully saturated rings. The molecule has 0 atom stereocenters. The van der Waals surface area contributed by atoms with E-state index < -0.39 is 11.8 Å². The van der Waals surface area contributed by atoms with Crippen molar-refractivity contribution in [2.45, 2.75) is 13.8 Å². The summed E-state index contributed by atoms with van der Waals surface area (Å²) >= 11 is 12.1. The maximum atomic E-state index is 13.5. The molecule has 4 rings (SSSR count). The molecule has 0 unspecified atom stereocenters. The van der Waals surface area contributed by atoms with Crippen LogP contribution < -0.4 is 15.0 Å². The van der Waals surface area contributed by atoms with Crippen LogP contribution >= 0.6 is 23.2 Å². The van der Waals surface area contributed by atoms with Crippen molar-refractivity contribution in [3.05, 3.63) is 93.6 Å². The number of carbonyl (C=O) groups is 2. The van der Waals surface area contributed by atoms with Crippen molar-refractivity contribution in [1.82, 2.24) is 0 Å². The standard InChI is InChI=1S/C25H20Cl2N2O3/c1-3-32-20-11-9-19(10-12-20)29-24(30)22(16-4-6-17(26)7-5-16)23(25(29)31)28-21-13-8-18(27)14-15(21)2/h4-14,28H,3H2,1-2H3. The summed E-state index contributed by atoms with van der Waals surface area (Å²) in [4.78, 5) is 28.1. The molecule has 1 N–H and O–H groups in total. The van der Waals surface area contributed by atoms with E-state index in [1.807, 2.05) is 13.8 Å². The Morgan fingerprint density at radius 2 is 1.53 bits per heavy atom. The predicted molar refractivity (Wildman–Crippen MR) is 128 cm³/mol. The van der Waals surface area contributed by atoms with Crippen molar-refractivity contribution >= 4 is 52.0 Å². The normalized spacial score (nSPS) is 13.7. The van der Waals surface area contributed by atoms with Crippen LogP contribution in [0.2, 0.25) is 10.0 Å². The summed E-state index contributed by atoms with van der Waals surface area (Å²) in [5, 5.41) is 4.29. The summed E-state index contributed by atoms with van der Waals surface area (Å²) in [6.45, 7) is 4.29. The maximum Gasteiger partial charge on any atom is 0.282 e. The zero-order valence-electron chi connectivity index (χ0n) is 17.5. The molecule has 7 heteroatoms. The van der Waals surface area contributed by atoms with Crippen LogP contribution in [0.3, 0.4) is 0 Å². The number of carbonyl (C=O) groups excluding carboxylic acids is 2. The molecular weight excluding hydrogens is 447 g/mol. The number of halogens is 2. The quantitative estimate of drug-likeness (QED) is 0.446. The monoisotopic (exact) mass is 466 g/mol. The SMILES string of the molecule is CCOc1ccc(N2C(=O)C(Nc3ccc(Cl)cc3C)=C(c3ccc(Cl)cc3)C2=O)cc1. The van der Waals surface area contributed by atoms with Crippen molar-refractivity contribution in [1.29, 1.82) is 0 Å². The van der Waals surface area contributed by atoms with E-state index in [0.29, 0.717) is 39.3 Å². The molecule has 3 aromatic carbocycles. The fourth-order valence-corrected chi connectivity index (χ4v) is 3.88. The first-order valence-corrected chi connectivity index (χ1v) is 10.8. The maximum absolute atomic E-state index is 13.5. The van der Waals surface area contributed by atoms with Crippen molar-refractivity contribution < 1.29 is 14.3 Å². The van der Waals surface area contributed by atoms with Gasteiger partial charge < -0.3 is 10.1 Å². The van der Waals surface area contributed by atoms with Gasteiger partial charge in [0.25, 0.3) is 11.8 Å². The number of aryl methyl sites for hydroxylation is 1. The lowest BCUT2D eigenvalue weighted by Crippen LogP contribution is -2.32. The van der Waals surface area contributed by atoms with E-state index in [4.69, 9.17) is 27.9 Å². The number of ether oxygens (including phenoxy) is 1. The van der Waals surface area contributed by atoms with E-state index in [-0.39, 0.29) is 11.3 Å². The van der Waals surface area contributed by atoms with Crippen molar-refractivity contribution in [3.63, 3.8) is 0 Å². The molecule has 0 bridgehead atoms. The Morgan fingerprint density at radius 3 is 2.16 bits per heavy atom. The molecule has 32 heavy (non-hydrogen) atoms. The lowest BCUT2D eigenvalue weighted by molar-refractivity contribution is -0.120. The minimum Gasteiger partial charge on any atom is -0.494 e. The summed E-state index contributed by atoms with van der Waals surface area (Å²) in [7, 11) is 0. The van der Waals surface area contributed by atoms with E-state index in [1.165, 1.54) is 0 Å². The first-order valence-electron chi connectivity index (χ1n) is 10.0. The van der Waals surface area contributed by atoms with Crippen LogP contribution in [0.15, 0.2) is 72.4 Å². The van der Waals surface area contributed by atoms with Crippen LogP contribution in [0.1, 0.15) is 18.1 Å². The second kappa shape index (κ2) is 9.07. The summed E-state index contributed by atoms with van der Waals surface area (Å²) in [5.74, 6) is -0.203. The summed E-state index contributed by atoms with van der Waals surface area (Å²) < 4.78 is 5.47. The van der Waals surface area contributed by atoms with Crippen molar-refractivity contribution in [3.8, 4) is 5.75 Å². The van der Waals surface area contributed by atoms with Crippen molar-refractivity contribution in [2.24, 2.45) is 0 Å². The lowest BCUT2D eigenvalue weighted by Gasteiger charge is -2.16. The largest absolute Gasteiger partial charge is 0.494 e. The van der Waals surface area contributed by atoms with Gasteiger partial charge in [-0.3, -0.25) is 9.59 Å². The van der Waals surface area contributed by atoms with Gasteiger partial charge in [0, 0.05) is 15.7 Å². The second-order valence-electron chi connectivity index (χ2n) is 7.21. The minimum atomic E-state index is -0.446. The topological polar surface area (TPSA) is 58.6 Å². The number of hydrogen-bond acceptors (Lipinski definition) is 4. The molecule has 1 aliphatic rings. The number of nitrogens with one attached hydrogen (secondary N) is 1. The first kappa shape index (κ1) is 21.9. The van der Waals surface area contributed by atoms with Gasteiger partial charge in [0.1, 0.15) is 11.4 Å². The molecule has 0 aromatic heterocycles. The van der Waals surface area contributed by atoms with Gasteiger partial charge in [-0.15, -0.1) is 0 Å². The summed E-state index contributed by atoms with van der Waals surface area (Å²) in [6.07, 6.45) is 0. The predicted octanol–water partition coefficient (Wildman–Crippen LogP) is 6.10. The molecule has 0 saturated heterocycles. The highest BCUT2D eigenvalue weighted by atomic mass is 35.5. The number of imide groups is 1. The third-order valence-electron chi connectivity index (χ3n) is 5.07. The summed E-state index contributed by atoms with van der Waals surface area (Å²) in [5.41, 5.74) is 3.05. The molecule has 0 radical (unpaired) electrons. The molecule has 0 spiro atoms. The molecule has 5 nitrogen and oxygen atoms in total. The smallest absolute Gasteiger partial charge is 0.282 e. The van der Waals surface area contributed by atoms with Gasteiger partial charge in [-0.05, 0) is 79.6 Å². The lowest BCUT2D eigenvalue weighted by atomic mass is 10.0. The van der Waals surface area contributed by atoms with Crippen molar-refractivity contribution in [2.75, 3.05) is 16.8 Å². The van der Waals surface area contributed by atoms with Gasteiger partial charge in [-0.25, -0.2) is 4.90 Å². The number of anilines is 2. The van der Waals surface area contributed by atoms with Crippen LogP contribution in [0.25, 0.3) is 5.57 Å². The van der Waals surface area contributed by atoms with E-state index in [1.54, 1.807) is 66.7 Å². The highest BCUT2D eigenvalue weighted by Gasteiger charge is 2.40. The fraction of sp³-hybridized carbons (Fsp3) is 0.120. The second-order valence-corrected chi connectivity index (χ2v) is 8.09. The van der Waals surface area contributed by atoms with Gasteiger partial charge in [-0.1, -0.05) is 35.3 Å². The Balaban J connectivity index is 1.78. The highest BCUT2D eigenvalue weighted by molar-refractivity contribution is 6.46. The zero-order valence-corrected chi connectivity index (χ0v) is 19.0. The van der Waals surface area contributed by atoms with Crippen LogP contribution in [0.4, 0.5) is 11.4 Å². The van der Waals surface area contributed by atoms with E-state index in [2.05, 4.69) is 5.32 Å². The Morgan fingerprint density at radius 1 is 0.875 bits per heavy atom. The average Bonchev–Trinajstić information content (AvgIpc) is 3.01. The summed E-state index contributed by atoms with van der Waals surface area (Å²) in [6, 6.07) is 19.0. The van der Waals surface area contributed by atoms with Crippen LogP contribution in [0, 0.1) is 6.92 Å². The Labute approximate surface area is 196 Å². The molecule has 1 heterocycles. The number of benzene rings is 3. The Kier molecular flexibility index (Phi) is 6.21. The van der Waals surface area contributed by atoms with Gasteiger partial charge in [0.2, 0.25) is 0 Å². The van der Waals surface area contributed by atoms with E-state index in [9.17, 15) is 9.59 Å². The first-order chi connectivity index (χ1) is 15.4. The van der Waals surface area contributed by atoms with E-state index >= 15 is 0 Å².